The Kier molecular flexibility index (Phi) is 10.9. The lowest BCUT2D eigenvalue weighted by atomic mass is 9.99. The second-order valence-corrected chi connectivity index (χ2v) is 13.9. The van der Waals surface area contributed by atoms with Crippen molar-refractivity contribution in [3.8, 4) is 5.75 Å². The van der Waals surface area contributed by atoms with E-state index in [1.54, 1.807) is 25.1 Å². The lowest BCUT2D eigenvalue weighted by molar-refractivity contribution is -0.134. The van der Waals surface area contributed by atoms with Crippen LogP contribution in [0.3, 0.4) is 0 Å². The number of methoxy groups -OCH3 is 1. The first kappa shape index (κ1) is 32.9. The number of amides is 2. The summed E-state index contributed by atoms with van der Waals surface area (Å²) >= 11 is 4.78. The van der Waals surface area contributed by atoms with Crippen molar-refractivity contribution in [3.05, 3.63) is 73.9 Å². The molecule has 1 aromatic carbocycles. The van der Waals surface area contributed by atoms with Crippen LogP contribution in [0.5, 0.6) is 5.75 Å². The Morgan fingerprint density at radius 2 is 1.93 bits per heavy atom. The van der Waals surface area contributed by atoms with E-state index in [2.05, 4.69) is 38.0 Å². The second kappa shape index (κ2) is 13.6. The van der Waals surface area contributed by atoms with Gasteiger partial charge in [0.2, 0.25) is 5.91 Å². The monoisotopic (exact) mass is 685 g/mol. The minimum atomic E-state index is -3.96. The zero-order valence-electron chi connectivity index (χ0n) is 23.2. The molecule has 222 valence electrons. The molecule has 1 aliphatic rings. The number of aryl methyl sites for hydroxylation is 2. The summed E-state index contributed by atoms with van der Waals surface area (Å²) in [6, 6.07) is 11.7. The Labute approximate surface area is 259 Å². The fourth-order valence-electron chi connectivity index (χ4n) is 4.36. The van der Waals surface area contributed by atoms with Crippen molar-refractivity contribution in [2.45, 2.75) is 44.6 Å². The van der Waals surface area contributed by atoms with Crippen molar-refractivity contribution in [2.75, 3.05) is 27.7 Å². The third kappa shape index (κ3) is 7.83. The smallest absolute Gasteiger partial charge is 0.303 e. The number of carbonyl (C=O) groups is 2. The van der Waals surface area contributed by atoms with Crippen molar-refractivity contribution < 1.29 is 22.7 Å². The molecular formula is C27H33BrClN5O5S2. The fraction of sp³-hybridized carbons (Fsp3) is 0.407. The Hall–Kier alpha value is -2.58. The predicted octanol–water partition coefficient (Wildman–Crippen LogP) is 4.27. The van der Waals surface area contributed by atoms with E-state index < -0.39 is 21.5 Å². The number of hydrogen-bond acceptors (Lipinski definition) is 8. The maximum Gasteiger partial charge on any atom is 0.303 e. The number of benzene rings is 1. The molecule has 0 radical (unpaired) electrons. The molecule has 0 atom stereocenters. The Morgan fingerprint density at radius 1 is 1.20 bits per heavy atom. The highest BCUT2D eigenvalue weighted by Crippen LogP contribution is 2.49. The van der Waals surface area contributed by atoms with Gasteiger partial charge in [0, 0.05) is 30.0 Å². The third-order valence-corrected chi connectivity index (χ3v) is 9.63. The molecule has 1 N–H and O–H groups in total. The number of thiazole rings is 1. The topological polar surface area (TPSA) is 122 Å². The predicted molar refractivity (Wildman–Crippen MR) is 164 cm³/mol. The summed E-state index contributed by atoms with van der Waals surface area (Å²) in [7, 11) is 0.271. The van der Waals surface area contributed by atoms with Crippen LogP contribution in [0.4, 0.5) is 0 Å². The average molecular weight is 687 g/mol. The first-order chi connectivity index (χ1) is 18.9. The molecule has 2 amide bonds. The first-order valence-electron chi connectivity index (χ1n) is 12.7. The number of hydrogen-bond donors (Lipinski definition) is 1. The van der Waals surface area contributed by atoms with Gasteiger partial charge in [-0.1, -0.05) is 28.1 Å². The number of pyridine rings is 1. The molecule has 0 unspecified atom stereocenters. The van der Waals surface area contributed by atoms with Gasteiger partial charge in [-0.2, -0.15) is 12.7 Å². The molecule has 1 fully saturated rings. The van der Waals surface area contributed by atoms with E-state index in [9.17, 15) is 18.0 Å². The van der Waals surface area contributed by atoms with Gasteiger partial charge in [-0.05, 0) is 62.4 Å². The highest BCUT2D eigenvalue weighted by molar-refractivity contribution is 9.10. The quantitative estimate of drug-likeness (QED) is 0.302. The summed E-state index contributed by atoms with van der Waals surface area (Å²) in [5.41, 5.74) is 1.20. The van der Waals surface area contributed by atoms with Gasteiger partial charge in [0.15, 0.2) is 0 Å². The minimum Gasteiger partial charge on any atom is -0.495 e. The van der Waals surface area contributed by atoms with E-state index in [0.717, 1.165) is 27.2 Å². The molecule has 0 aliphatic heterocycles. The van der Waals surface area contributed by atoms with Crippen molar-refractivity contribution in [1.82, 2.24) is 23.9 Å². The van der Waals surface area contributed by atoms with E-state index in [0.29, 0.717) is 40.7 Å². The molecule has 0 saturated heterocycles. The molecule has 3 aromatic rings. The SMILES string of the molecule is COc1ccc(C2(C(=O)N(CCCc3cccc(Br)c3)Cc3nc(C(=O)NS(=O)(=O)N(C)C)c(C)s3)CC2)nc1.Cl. The highest BCUT2D eigenvalue weighted by Gasteiger charge is 2.54. The summed E-state index contributed by atoms with van der Waals surface area (Å²) in [6.45, 7) is 2.40. The van der Waals surface area contributed by atoms with E-state index >= 15 is 0 Å². The van der Waals surface area contributed by atoms with Gasteiger partial charge in [-0.25, -0.2) is 9.71 Å². The van der Waals surface area contributed by atoms with Crippen LogP contribution >= 0.6 is 39.7 Å². The summed E-state index contributed by atoms with van der Waals surface area (Å²) in [6.07, 6.45) is 4.52. The number of rotatable bonds is 12. The van der Waals surface area contributed by atoms with E-state index in [1.165, 1.54) is 25.4 Å². The van der Waals surface area contributed by atoms with Gasteiger partial charge in [0.25, 0.3) is 5.91 Å². The largest absolute Gasteiger partial charge is 0.495 e. The summed E-state index contributed by atoms with van der Waals surface area (Å²) < 4.78 is 33.5. The van der Waals surface area contributed by atoms with Crippen LogP contribution in [0, 0.1) is 6.92 Å². The van der Waals surface area contributed by atoms with E-state index in [4.69, 9.17) is 4.74 Å². The van der Waals surface area contributed by atoms with Crippen LogP contribution in [0.25, 0.3) is 0 Å². The maximum absolute atomic E-state index is 14.0. The van der Waals surface area contributed by atoms with Gasteiger partial charge in [0.05, 0.1) is 31.0 Å². The van der Waals surface area contributed by atoms with Gasteiger partial charge in [-0.3, -0.25) is 14.6 Å². The average Bonchev–Trinajstić information content (AvgIpc) is 3.64. The number of carbonyl (C=O) groups excluding carboxylic acids is 2. The molecular weight excluding hydrogens is 654 g/mol. The molecule has 1 saturated carbocycles. The van der Waals surface area contributed by atoms with Crippen LogP contribution in [-0.4, -0.2) is 67.2 Å². The van der Waals surface area contributed by atoms with Gasteiger partial charge < -0.3 is 9.64 Å². The highest BCUT2D eigenvalue weighted by atomic mass is 79.9. The number of halogens is 2. The Morgan fingerprint density at radius 3 is 2.51 bits per heavy atom. The molecule has 1 aliphatic carbocycles. The lowest BCUT2D eigenvalue weighted by Crippen LogP contribution is -2.40. The van der Waals surface area contributed by atoms with Crippen LogP contribution in [-0.2, 0) is 33.4 Å². The van der Waals surface area contributed by atoms with Crippen LogP contribution in [0.2, 0.25) is 0 Å². The third-order valence-electron chi connectivity index (χ3n) is 6.78. The molecule has 0 bridgehead atoms. The summed E-state index contributed by atoms with van der Waals surface area (Å²) in [4.78, 5) is 38.1. The molecule has 41 heavy (non-hydrogen) atoms. The molecule has 2 heterocycles. The summed E-state index contributed by atoms with van der Waals surface area (Å²) in [5.74, 6) is -0.214. The van der Waals surface area contributed by atoms with Crippen LogP contribution in [0.1, 0.15) is 50.9 Å². The first-order valence-corrected chi connectivity index (χ1v) is 15.8. The standard InChI is InChI=1S/C27H32BrN5O5S2.ClH/c1-18-24(25(34)31-40(36,37)32(2)3)30-23(39-18)17-33(14-6-8-19-7-5-9-20(28)15-19)26(35)27(12-13-27)22-11-10-21(38-4)16-29-22;/h5,7,9-11,15-16H,6,8,12-14,17H2,1-4H3,(H,31,34);1H. The van der Waals surface area contributed by atoms with E-state index in [-0.39, 0.29) is 30.6 Å². The lowest BCUT2D eigenvalue weighted by Gasteiger charge is -2.27. The van der Waals surface area contributed by atoms with E-state index in [1.807, 2.05) is 29.0 Å². The minimum absolute atomic E-state index is 0. The zero-order valence-corrected chi connectivity index (χ0v) is 27.3. The van der Waals surface area contributed by atoms with Crippen LogP contribution < -0.4 is 9.46 Å². The second-order valence-electron chi connectivity index (χ2n) is 9.86. The molecule has 2 aromatic heterocycles. The van der Waals surface area contributed by atoms with Crippen molar-refractivity contribution in [1.29, 1.82) is 0 Å². The summed E-state index contributed by atoms with van der Waals surface area (Å²) in [5, 5.41) is 0.555. The fourth-order valence-corrected chi connectivity index (χ4v) is 6.27. The zero-order chi connectivity index (χ0) is 29.1. The number of nitrogens with zero attached hydrogens (tertiary/aromatic N) is 4. The molecule has 10 nitrogen and oxygen atoms in total. The van der Waals surface area contributed by atoms with Crippen molar-refractivity contribution in [2.24, 2.45) is 0 Å². The normalized spacial score (nSPS) is 13.8. The number of nitrogens with one attached hydrogen (secondary N) is 1. The molecule has 4 rings (SSSR count). The van der Waals surface area contributed by atoms with Gasteiger partial charge in [0.1, 0.15) is 16.5 Å². The van der Waals surface area contributed by atoms with Crippen molar-refractivity contribution >= 4 is 61.7 Å². The Balaban J connectivity index is 0.00000462. The van der Waals surface area contributed by atoms with Gasteiger partial charge in [-0.15, -0.1) is 23.7 Å². The maximum atomic E-state index is 14.0. The van der Waals surface area contributed by atoms with Gasteiger partial charge >= 0.3 is 10.2 Å². The molecule has 14 heteroatoms. The Bertz CT molecular complexity index is 1490. The van der Waals surface area contributed by atoms with Crippen LogP contribution in [0.15, 0.2) is 47.1 Å². The van der Waals surface area contributed by atoms with Crippen molar-refractivity contribution in [3.63, 3.8) is 0 Å². The molecule has 0 spiro atoms. The number of aromatic nitrogens is 2. The number of ether oxygens (including phenoxy) is 1.